The summed E-state index contributed by atoms with van der Waals surface area (Å²) in [7, 11) is 2.23. The summed E-state index contributed by atoms with van der Waals surface area (Å²) in [4.78, 5) is 26.7. The number of aliphatic hydroxyl groups is 1. The number of carboxylic acids is 1. The number of carbonyl (C=O) groups is 2. The van der Waals surface area contributed by atoms with Gasteiger partial charge in [0, 0.05) is 13.0 Å². The Morgan fingerprint density at radius 2 is 1.82 bits per heavy atom. The van der Waals surface area contributed by atoms with Gasteiger partial charge in [0.2, 0.25) is 5.91 Å². The van der Waals surface area contributed by atoms with Crippen LogP contribution in [0.3, 0.4) is 0 Å². The molecular weight excluding hydrogens is 476 g/mol. The molecule has 4 aliphatic rings. The van der Waals surface area contributed by atoms with E-state index in [1.165, 1.54) is 38.6 Å². The number of aliphatic hydroxyl groups excluding tert-OH is 1. The smallest absolute Gasteiger partial charge is 0.305 e. The highest BCUT2D eigenvalue weighted by Crippen LogP contribution is 2.67. The molecule has 1 amide bonds. The molecule has 210 valence electrons. The van der Waals surface area contributed by atoms with Crippen molar-refractivity contribution in [1.82, 2.24) is 10.2 Å². The molecule has 9 atom stereocenters. The maximum atomic E-state index is 12.8. The number of fused-ring (bicyclic) bond motifs is 5. The van der Waals surface area contributed by atoms with Crippen LogP contribution in [-0.4, -0.2) is 53.2 Å². The third kappa shape index (κ3) is 5.15. The fourth-order valence-corrected chi connectivity index (χ4v) is 9.56. The second-order valence-corrected chi connectivity index (χ2v) is 13.6. The third-order valence-corrected chi connectivity index (χ3v) is 11.7. The van der Waals surface area contributed by atoms with Gasteiger partial charge in [-0.15, -0.1) is 0 Å². The van der Waals surface area contributed by atoms with Gasteiger partial charge in [0.25, 0.3) is 0 Å². The quantitative estimate of drug-likeness (QED) is 0.431. The van der Waals surface area contributed by atoms with Crippen molar-refractivity contribution in [2.75, 3.05) is 20.1 Å². The lowest BCUT2D eigenvalue weighted by atomic mass is 9.45. The van der Waals surface area contributed by atoms with E-state index in [1.54, 1.807) is 0 Å². The Kier molecular flexibility index (Phi) is 7.94. The van der Waals surface area contributed by atoms with E-state index in [9.17, 15) is 19.8 Å². The molecule has 38 heavy (non-hydrogen) atoms. The molecule has 0 bridgehead atoms. The molecule has 3 saturated carbocycles. The van der Waals surface area contributed by atoms with Crippen LogP contribution < -0.4 is 5.32 Å². The van der Waals surface area contributed by atoms with Crippen LogP contribution >= 0.6 is 0 Å². The molecule has 1 heterocycles. The molecule has 0 spiro atoms. The number of nitrogens with zero attached hydrogens (tertiary/aromatic N) is 1. The van der Waals surface area contributed by atoms with Crippen LogP contribution in [0.25, 0.3) is 0 Å². The van der Waals surface area contributed by atoms with Gasteiger partial charge in [-0.25, -0.2) is 0 Å². The van der Waals surface area contributed by atoms with Gasteiger partial charge in [-0.2, -0.15) is 0 Å². The number of rotatable bonds is 8. The van der Waals surface area contributed by atoms with Crippen molar-refractivity contribution in [3.8, 4) is 0 Å². The first-order valence-corrected chi connectivity index (χ1v) is 15.0. The maximum absolute atomic E-state index is 12.8. The molecule has 0 aromatic heterocycles. The predicted molar refractivity (Wildman–Crippen MR) is 148 cm³/mol. The van der Waals surface area contributed by atoms with Crippen molar-refractivity contribution in [2.45, 2.75) is 90.2 Å². The first kappa shape index (κ1) is 27.6. The Hall–Kier alpha value is -1.92. The highest BCUT2D eigenvalue weighted by molar-refractivity contribution is 5.77. The van der Waals surface area contributed by atoms with Crippen molar-refractivity contribution in [3.63, 3.8) is 0 Å². The van der Waals surface area contributed by atoms with Crippen molar-refractivity contribution in [3.05, 3.63) is 35.9 Å². The number of hydrogen-bond acceptors (Lipinski definition) is 4. The number of nitrogens with one attached hydrogen (secondary N) is 1. The van der Waals surface area contributed by atoms with E-state index in [-0.39, 0.29) is 23.8 Å². The zero-order chi connectivity index (χ0) is 27.1. The number of hydrogen-bond donors (Lipinski definition) is 3. The van der Waals surface area contributed by atoms with E-state index >= 15 is 0 Å². The number of aliphatic carboxylic acids is 1. The van der Waals surface area contributed by atoms with E-state index in [2.05, 4.69) is 31.1 Å². The summed E-state index contributed by atoms with van der Waals surface area (Å²) in [5.74, 6) is 1.88. The van der Waals surface area contributed by atoms with Crippen molar-refractivity contribution < 1.29 is 19.8 Å². The Morgan fingerprint density at radius 3 is 2.55 bits per heavy atom. The molecule has 3 aliphatic carbocycles. The summed E-state index contributed by atoms with van der Waals surface area (Å²) in [5, 5.41) is 23.8. The minimum atomic E-state index is -0.912. The first-order chi connectivity index (χ1) is 18.1. The number of likely N-dealkylation sites (tertiary alicyclic amines) is 1. The summed E-state index contributed by atoms with van der Waals surface area (Å²) >= 11 is 0. The standard InChI is InChI=1S/C32H48N2O4/c1-31-15-14-25-30(27(35)18-23-20-34(3)17-16-32(23,25)2)24(31)13-12-22(31)10-7-11-28(36)33-26(19-29(37)38)21-8-5-4-6-9-21/h4-6,8-9,22-27,30,35H,7,10-20H2,1-3H3,(H,33,36)(H,37,38). The minimum absolute atomic E-state index is 0.0625. The van der Waals surface area contributed by atoms with Crippen LogP contribution in [0.15, 0.2) is 30.3 Å². The van der Waals surface area contributed by atoms with Crippen molar-refractivity contribution in [2.24, 2.45) is 40.4 Å². The molecular formula is C32H48N2O4. The molecule has 6 nitrogen and oxygen atoms in total. The number of benzene rings is 1. The van der Waals surface area contributed by atoms with Gasteiger partial charge in [0.15, 0.2) is 0 Å². The molecule has 3 N–H and O–H groups in total. The van der Waals surface area contributed by atoms with Gasteiger partial charge in [-0.1, -0.05) is 44.2 Å². The van der Waals surface area contributed by atoms with Crippen LogP contribution in [-0.2, 0) is 9.59 Å². The van der Waals surface area contributed by atoms with Gasteiger partial charge in [0.05, 0.1) is 18.6 Å². The monoisotopic (exact) mass is 524 g/mol. The van der Waals surface area contributed by atoms with Crippen LogP contribution in [0.1, 0.15) is 89.7 Å². The summed E-state index contributed by atoms with van der Waals surface area (Å²) < 4.78 is 0. The summed E-state index contributed by atoms with van der Waals surface area (Å²) in [6.07, 6.45) is 9.11. The average molecular weight is 525 g/mol. The van der Waals surface area contributed by atoms with Crippen LogP contribution in [0.2, 0.25) is 0 Å². The van der Waals surface area contributed by atoms with Crippen molar-refractivity contribution >= 4 is 11.9 Å². The molecule has 1 saturated heterocycles. The van der Waals surface area contributed by atoms with E-state index in [4.69, 9.17) is 0 Å². The number of amides is 1. The zero-order valence-corrected chi connectivity index (χ0v) is 23.6. The first-order valence-electron chi connectivity index (χ1n) is 15.0. The van der Waals surface area contributed by atoms with E-state index in [0.717, 1.165) is 31.4 Å². The second kappa shape index (κ2) is 10.9. The lowest BCUT2D eigenvalue weighted by Crippen LogP contribution is -2.60. The van der Waals surface area contributed by atoms with E-state index in [1.807, 2.05) is 30.3 Å². The molecule has 4 fully saturated rings. The largest absolute Gasteiger partial charge is 0.481 e. The molecule has 1 aromatic rings. The number of carbonyl (C=O) groups excluding carboxylic acids is 1. The molecule has 6 heteroatoms. The third-order valence-electron chi connectivity index (χ3n) is 11.7. The number of piperidine rings is 1. The molecule has 0 radical (unpaired) electrons. The molecule has 1 aromatic carbocycles. The SMILES string of the molecule is CN1CCC2(C)C(CC(O)C3C4CCC(CCCC(=O)NC(CC(=O)O)c5ccccc5)C4(C)CCC32)C1. The van der Waals surface area contributed by atoms with Gasteiger partial charge >= 0.3 is 5.97 Å². The summed E-state index contributed by atoms with van der Waals surface area (Å²) in [6, 6.07) is 8.89. The van der Waals surface area contributed by atoms with E-state index < -0.39 is 12.0 Å². The maximum Gasteiger partial charge on any atom is 0.305 e. The highest BCUT2D eigenvalue weighted by atomic mass is 16.4. The van der Waals surface area contributed by atoms with Crippen LogP contribution in [0.5, 0.6) is 0 Å². The van der Waals surface area contributed by atoms with Gasteiger partial charge < -0.3 is 20.4 Å². The molecule has 9 unspecified atom stereocenters. The minimum Gasteiger partial charge on any atom is -0.481 e. The Balaban J connectivity index is 1.18. The Labute approximate surface area is 228 Å². The topological polar surface area (TPSA) is 89.9 Å². The summed E-state index contributed by atoms with van der Waals surface area (Å²) in [6.45, 7) is 7.33. The highest BCUT2D eigenvalue weighted by Gasteiger charge is 2.62. The fourth-order valence-electron chi connectivity index (χ4n) is 9.56. The molecule has 5 rings (SSSR count). The van der Waals surface area contributed by atoms with E-state index in [0.29, 0.717) is 41.4 Å². The van der Waals surface area contributed by atoms with Crippen LogP contribution in [0, 0.1) is 40.4 Å². The molecule has 1 aliphatic heterocycles. The Morgan fingerprint density at radius 1 is 1.08 bits per heavy atom. The van der Waals surface area contributed by atoms with Crippen LogP contribution in [0.4, 0.5) is 0 Å². The fraction of sp³-hybridized carbons (Fsp3) is 0.750. The number of carboxylic acid groups (broad SMARTS) is 1. The normalized spacial score (nSPS) is 39.5. The Bertz CT molecular complexity index is 1000. The average Bonchev–Trinajstić information content (AvgIpc) is 3.21. The second-order valence-electron chi connectivity index (χ2n) is 13.6. The van der Waals surface area contributed by atoms with Crippen molar-refractivity contribution in [1.29, 1.82) is 0 Å². The predicted octanol–water partition coefficient (Wildman–Crippen LogP) is 5.27. The zero-order valence-electron chi connectivity index (χ0n) is 23.6. The van der Waals surface area contributed by atoms with Gasteiger partial charge in [-0.05, 0) is 111 Å². The lowest BCUT2D eigenvalue weighted by molar-refractivity contribution is -0.168. The summed E-state index contributed by atoms with van der Waals surface area (Å²) in [5.41, 5.74) is 1.44. The lowest BCUT2D eigenvalue weighted by Gasteiger charge is -2.62. The van der Waals surface area contributed by atoms with Gasteiger partial charge in [-0.3, -0.25) is 9.59 Å². The van der Waals surface area contributed by atoms with Gasteiger partial charge in [0.1, 0.15) is 0 Å².